The van der Waals surface area contributed by atoms with E-state index in [-0.39, 0.29) is 6.10 Å². The highest BCUT2D eigenvalue weighted by molar-refractivity contribution is 4.78. The second-order valence-corrected chi connectivity index (χ2v) is 4.34. The van der Waals surface area contributed by atoms with Gasteiger partial charge in [-0.1, -0.05) is 0 Å². The first-order valence-corrected chi connectivity index (χ1v) is 5.25. The average molecular weight is 169 g/mol. The Labute approximate surface area is 74.6 Å². The Hall–Kier alpha value is -0.0800. The standard InChI is InChI=1S/C10H19NO/c12-10-4-3-9(7-10)8-11-5-1-2-6-11/h9-10,12H,1-8H2. The number of aliphatic hydroxyl groups excluding tert-OH is 1. The monoisotopic (exact) mass is 169 g/mol. The Balaban J connectivity index is 1.72. The number of nitrogens with zero attached hydrogens (tertiary/aromatic N) is 1. The van der Waals surface area contributed by atoms with Crippen molar-refractivity contribution < 1.29 is 5.11 Å². The maximum absolute atomic E-state index is 9.35. The summed E-state index contributed by atoms with van der Waals surface area (Å²) < 4.78 is 0. The summed E-state index contributed by atoms with van der Waals surface area (Å²) in [6, 6.07) is 0. The quantitative estimate of drug-likeness (QED) is 0.672. The zero-order valence-corrected chi connectivity index (χ0v) is 7.71. The maximum Gasteiger partial charge on any atom is 0.0543 e. The van der Waals surface area contributed by atoms with E-state index in [4.69, 9.17) is 0 Å². The van der Waals surface area contributed by atoms with Crippen molar-refractivity contribution in [2.45, 2.75) is 38.2 Å². The van der Waals surface area contributed by atoms with E-state index in [9.17, 15) is 5.11 Å². The summed E-state index contributed by atoms with van der Waals surface area (Å²) in [6.07, 6.45) is 6.12. The van der Waals surface area contributed by atoms with E-state index < -0.39 is 0 Å². The largest absolute Gasteiger partial charge is 0.393 e. The first kappa shape index (κ1) is 8.52. The maximum atomic E-state index is 9.35. The van der Waals surface area contributed by atoms with Gasteiger partial charge in [0.05, 0.1) is 6.10 Å². The number of rotatable bonds is 2. The molecule has 2 atom stereocenters. The van der Waals surface area contributed by atoms with Crippen molar-refractivity contribution >= 4 is 0 Å². The molecule has 2 aliphatic rings. The van der Waals surface area contributed by atoms with Crippen molar-refractivity contribution in [2.75, 3.05) is 19.6 Å². The van der Waals surface area contributed by atoms with Crippen LogP contribution in [0.2, 0.25) is 0 Å². The van der Waals surface area contributed by atoms with Crippen LogP contribution in [0.5, 0.6) is 0 Å². The van der Waals surface area contributed by atoms with Crippen LogP contribution in [0.3, 0.4) is 0 Å². The van der Waals surface area contributed by atoms with Crippen LogP contribution >= 0.6 is 0 Å². The third-order valence-corrected chi connectivity index (χ3v) is 3.23. The van der Waals surface area contributed by atoms with E-state index in [2.05, 4.69) is 4.90 Å². The van der Waals surface area contributed by atoms with Gasteiger partial charge in [-0.05, 0) is 51.1 Å². The van der Waals surface area contributed by atoms with Gasteiger partial charge in [-0.25, -0.2) is 0 Å². The summed E-state index contributed by atoms with van der Waals surface area (Å²) in [5.74, 6) is 0.790. The number of hydrogen-bond donors (Lipinski definition) is 1. The molecular weight excluding hydrogens is 150 g/mol. The number of aliphatic hydroxyl groups is 1. The number of hydrogen-bond acceptors (Lipinski definition) is 2. The molecule has 1 heterocycles. The molecule has 0 aromatic carbocycles. The lowest BCUT2D eigenvalue weighted by Crippen LogP contribution is -2.25. The van der Waals surface area contributed by atoms with Gasteiger partial charge in [0.1, 0.15) is 0 Å². The molecule has 0 radical (unpaired) electrons. The predicted molar refractivity (Wildman–Crippen MR) is 49.0 cm³/mol. The summed E-state index contributed by atoms with van der Waals surface area (Å²) in [5, 5.41) is 9.35. The summed E-state index contributed by atoms with van der Waals surface area (Å²) in [5.41, 5.74) is 0. The summed E-state index contributed by atoms with van der Waals surface area (Å²) in [7, 11) is 0. The van der Waals surface area contributed by atoms with E-state index in [1.807, 2.05) is 0 Å². The van der Waals surface area contributed by atoms with E-state index in [1.165, 1.54) is 38.9 Å². The fraction of sp³-hybridized carbons (Fsp3) is 1.00. The topological polar surface area (TPSA) is 23.5 Å². The van der Waals surface area contributed by atoms with Gasteiger partial charge in [0.15, 0.2) is 0 Å². The fourth-order valence-corrected chi connectivity index (χ4v) is 2.54. The average Bonchev–Trinajstić information content (AvgIpc) is 2.63. The lowest BCUT2D eigenvalue weighted by Gasteiger charge is -2.19. The van der Waals surface area contributed by atoms with Crippen LogP contribution in [-0.4, -0.2) is 35.7 Å². The predicted octanol–water partition coefficient (Wildman–Crippen LogP) is 1.24. The van der Waals surface area contributed by atoms with Gasteiger partial charge in [-0.2, -0.15) is 0 Å². The molecule has 0 amide bonds. The van der Waals surface area contributed by atoms with E-state index in [0.29, 0.717) is 0 Å². The van der Waals surface area contributed by atoms with Gasteiger partial charge in [0, 0.05) is 6.54 Å². The molecule has 0 bridgehead atoms. The molecule has 2 fully saturated rings. The summed E-state index contributed by atoms with van der Waals surface area (Å²) in [4.78, 5) is 2.56. The molecule has 2 rings (SSSR count). The van der Waals surface area contributed by atoms with E-state index in [0.717, 1.165) is 18.8 Å². The van der Waals surface area contributed by atoms with Crippen LogP contribution in [0.25, 0.3) is 0 Å². The molecule has 1 saturated carbocycles. The molecular formula is C10H19NO. The van der Waals surface area contributed by atoms with Gasteiger partial charge >= 0.3 is 0 Å². The molecule has 0 aromatic rings. The van der Waals surface area contributed by atoms with Crippen molar-refractivity contribution in [3.05, 3.63) is 0 Å². The van der Waals surface area contributed by atoms with Gasteiger partial charge in [0.2, 0.25) is 0 Å². The van der Waals surface area contributed by atoms with Crippen molar-refractivity contribution in [3.63, 3.8) is 0 Å². The minimum atomic E-state index is 0.0117. The second kappa shape index (κ2) is 3.75. The molecule has 70 valence electrons. The molecule has 2 unspecified atom stereocenters. The Morgan fingerprint density at radius 1 is 1.17 bits per heavy atom. The van der Waals surface area contributed by atoms with Crippen molar-refractivity contribution in [1.29, 1.82) is 0 Å². The van der Waals surface area contributed by atoms with Gasteiger partial charge in [-0.3, -0.25) is 0 Å². The first-order chi connectivity index (χ1) is 5.84. The van der Waals surface area contributed by atoms with Crippen molar-refractivity contribution in [2.24, 2.45) is 5.92 Å². The number of likely N-dealkylation sites (tertiary alicyclic amines) is 1. The van der Waals surface area contributed by atoms with E-state index in [1.54, 1.807) is 0 Å². The highest BCUT2D eigenvalue weighted by Gasteiger charge is 2.25. The lowest BCUT2D eigenvalue weighted by atomic mass is 10.1. The zero-order valence-electron chi connectivity index (χ0n) is 7.71. The van der Waals surface area contributed by atoms with Crippen molar-refractivity contribution in [3.8, 4) is 0 Å². The summed E-state index contributed by atoms with van der Waals surface area (Å²) in [6.45, 7) is 3.84. The normalized spacial score (nSPS) is 37.8. The van der Waals surface area contributed by atoms with Crippen LogP contribution < -0.4 is 0 Å². The lowest BCUT2D eigenvalue weighted by molar-refractivity contribution is 0.171. The Morgan fingerprint density at radius 3 is 2.50 bits per heavy atom. The Bertz CT molecular complexity index is 143. The van der Waals surface area contributed by atoms with Crippen LogP contribution in [0.15, 0.2) is 0 Å². The fourth-order valence-electron chi connectivity index (χ4n) is 2.54. The van der Waals surface area contributed by atoms with Gasteiger partial charge < -0.3 is 10.0 Å². The highest BCUT2D eigenvalue weighted by atomic mass is 16.3. The zero-order chi connectivity index (χ0) is 8.39. The van der Waals surface area contributed by atoms with Crippen LogP contribution in [-0.2, 0) is 0 Å². The first-order valence-electron chi connectivity index (χ1n) is 5.25. The molecule has 1 saturated heterocycles. The Kier molecular flexibility index (Phi) is 2.66. The molecule has 2 nitrogen and oxygen atoms in total. The third kappa shape index (κ3) is 1.99. The minimum Gasteiger partial charge on any atom is -0.393 e. The van der Waals surface area contributed by atoms with E-state index >= 15 is 0 Å². The van der Waals surface area contributed by atoms with Crippen LogP contribution in [0.1, 0.15) is 32.1 Å². The second-order valence-electron chi connectivity index (χ2n) is 4.34. The molecule has 2 heteroatoms. The van der Waals surface area contributed by atoms with Crippen molar-refractivity contribution in [1.82, 2.24) is 4.90 Å². The van der Waals surface area contributed by atoms with Gasteiger partial charge in [0.25, 0.3) is 0 Å². The minimum absolute atomic E-state index is 0.0117. The molecule has 1 N–H and O–H groups in total. The molecule has 0 spiro atoms. The third-order valence-electron chi connectivity index (χ3n) is 3.23. The van der Waals surface area contributed by atoms with Gasteiger partial charge in [-0.15, -0.1) is 0 Å². The van der Waals surface area contributed by atoms with Crippen LogP contribution in [0, 0.1) is 5.92 Å². The SMILES string of the molecule is OC1CCC(CN2CCCC2)C1. The molecule has 1 aliphatic carbocycles. The molecule has 12 heavy (non-hydrogen) atoms. The Morgan fingerprint density at radius 2 is 1.92 bits per heavy atom. The highest BCUT2D eigenvalue weighted by Crippen LogP contribution is 2.27. The molecule has 1 aliphatic heterocycles. The smallest absolute Gasteiger partial charge is 0.0543 e. The summed E-state index contributed by atoms with van der Waals surface area (Å²) >= 11 is 0. The van der Waals surface area contributed by atoms with Crippen LogP contribution in [0.4, 0.5) is 0 Å². The molecule has 0 aromatic heterocycles.